The standard InChI is InChI=1S/C13H12BrIOS/c1-16-11-4-2-3-9(5-11)6-12(14)10-7-13(15)17-8-10/h2-5,7-8,12H,6H2,1H3. The highest BCUT2D eigenvalue weighted by atomic mass is 127. The first kappa shape index (κ1) is 13.4. The lowest BCUT2D eigenvalue weighted by Gasteiger charge is -2.09. The summed E-state index contributed by atoms with van der Waals surface area (Å²) in [4.78, 5) is 0.370. The van der Waals surface area contributed by atoms with Crippen molar-refractivity contribution >= 4 is 49.9 Å². The summed E-state index contributed by atoms with van der Waals surface area (Å²) in [6.45, 7) is 0. The fourth-order valence-electron chi connectivity index (χ4n) is 1.61. The van der Waals surface area contributed by atoms with Crippen LogP contribution in [0.4, 0.5) is 0 Å². The van der Waals surface area contributed by atoms with Crippen molar-refractivity contribution in [3.8, 4) is 5.75 Å². The normalized spacial score (nSPS) is 12.4. The molecule has 0 saturated carbocycles. The summed E-state index contributed by atoms with van der Waals surface area (Å²) in [6.07, 6.45) is 0.976. The molecule has 0 fully saturated rings. The number of benzene rings is 1. The van der Waals surface area contributed by atoms with E-state index in [0.29, 0.717) is 4.83 Å². The van der Waals surface area contributed by atoms with E-state index in [9.17, 15) is 0 Å². The zero-order valence-electron chi connectivity index (χ0n) is 9.32. The third-order valence-electron chi connectivity index (χ3n) is 2.50. The third kappa shape index (κ3) is 3.69. The first-order valence-electron chi connectivity index (χ1n) is 5.20. The van der Waals surface area contributed by atoms with Crippen LogP contribution in [0.2, 0.25) is 0 Å². The van der Waals surface area contributed by atoms with Gasteiger partial charge in [0.1, 0.15) is 5.75 Å². The van der Waals surface area contributed by atoms with Gasteiger partial charge in [0.05, 0.1) is 9.99 Å². The molecule has 0 aliphatic rings. The van der Waals surface area contributed by atoms with Crippen LogP contribution in [0.1, 0.15) is 16.0 Å². The van der Waals surface area contributed by atoms with Crippen molar-refractivity contribution in [1.29, 1.82) is 0 Å². The molecule has 1 aromatic heterocycles. The lowest BCUT2D eigenvalue weighted by Crippen LogP contribution is -1.94. The Morgan fingerprint density at radius 2 is 2.24 bits per heavy atom. The molecule has 1 nitrogen and oxygen atoms in total. The van der Waals surface area contributed by atoms with Gasteiger partial charge in [-0.2, -0.15) is 0 Å². The Morgan fingerprint density at radius 1 is 1.41 bits per heavy atom. The molecule has 2 aromatic rings. The van der Waals surface area contributed by atoms with E-state index in [0.717, 1.165) is 12.2 Å². The van der Waals surface area contributed by atoms with Crippen molar-refractivity contribution in [2.45, 2.75) is 11.2 Å². The first-order valence-corrected chi connectivity index (χ1v) is 8.07. The van der Waals surface area contributed by atoms with E-state index in [1.807, 2.05) is 12.1 Å². The molecule has 0 aliphatic carbocycles. The van der Waals surface area contributed by atoms with Crippen molar-refractivity contribution in [3.63, 3.8) is 0 Å². The lowest BCUT2D eigenvalue weighted by molar-refractivity contribution is 0.414. The molecule has 0 spiro atoms. The minimum absolute atomic E-state index is 0.370. The van der Waals surface area contributed by atoms with E-state index >= 15 is 0 Å². The first-order chi connectivity index (χ1) is 8.19. The average molecular weight is 423 g/mol. The zero-order chi connectivity index (χ0) is 12.3. The summed E-state index contributed by atoms with van der Waals surface area (Å²) in [5, 5.41) is 2.21. The smallest absolute Gasteiger partial charge is 0.119 e. The Hall–Kier alpha value is -0.0700. The summed E-state index contributed by atoms with van der Waals surface area (Å²) in [7, 11) is 1.70. The predicted molar refractivity (Wildman–Crippen MR) is 85.4 cm³/mol. The van der Waals surface area contributed by atoms with Gasteiger partial charge in [0.2, 0.25) is 0 Å². The Morgan fingerprint density at radius 3 is 2.88 bits per heavy atom. The zero-order valence-corrected chi connectivity index (χ0v) is 13.9. The van der Waals surface area contributed by atoms with E-state index in [1.54, 1.807) is 18.4 Å². The number of hydrogen-bond acceptors (Lipinski definition) is 2. The van der Waals surface area contributed by atoms with Gasteiger partial charge >= 0.3 is 0 Å². The number of halogens is 2. The van der Waals surface area contributed by atoms with Gasteiger partial charge in [0.15, 0.2) is 0 Å². The molecular formula is C13H12BrIOS. The topological polar surface area (TPSA) is 9.23 Å². The number of methoxy groups -OCH3 is 1. The van der Waals surface area contributed by atoms with Crippen LogP contribution in [-0.4, -0.2) is 7.11 Å². The second-order valence-electron chi connectivity index (χ2n) is 3.71. The minimum Gasteiger partial charge on any atom is -0.497 e. The number of ether oxygens (including phenoxy) is 1. The number of hydrogen-bond donors (Lipinski definition) is 0. The molecule has 1 atom stereocenters. The van der Waals surface area contributed by atoms with Crippen LogP contribution in [0.5, 0.6) is 5.75 Å². The van der Waals surface area contributed by atoms with Crippen LogP contribution in [-0.2, 0) is 6.42 Å². The van der Waals surface area contributed by atoms with Crippen LogP contribution in [0.25, 0.3) is 0 Å². The molecule has 2 rings (SSSR count). The second-order valence-corrected chi connectivity index (χ2v) is 7.62. The van der Waals surface area contributed by atoms with Crippen molar-refractivity contribution in [3.05, 3.63) is 49.7 Å². The quantitative estimate of drug-likeness (QED) is 0.495. The highest BCUT2D eigenvalue weighted by Gasteiger charge is 2.10. The van der Waals surface area contributed by atoms with Gasteiger partial charge < -0.3 is 4.74 Å². The van der Waals surface area contributed by atoms with E-state index in [-0.39, 0.29) is 0 Å². The SMILES string of the molecule is COc1cccc(CC(Br)c2csc(I)c2)c1. The van der Waals surface area contributed by atoms with Crippen LogP contribution in [0.15, 0.2) is 35.7 Å². The molecule has 0 saturated heterocycles. The number of thiophene rings is 1. The number of alkyl halides is 1. The summed E-state index contributed by atoms with van der Waals surface area (Å²) in [5.41, 5.74) is 2.63. The van der Waals surface area contributed by atoms with E-state index in [4.69, 9.17) is 4.74 Å². The molecule has 4 heteroatoms. The van der Waals surface area contributed by atoms with E-state index in [2.05, 4.69) is 62.1 Å². The summed E-state index contributed by atoms with van der Waals surface area (Å²) < 4.78 is 6.56. The van der Waals surface area contributed by atoms with Crippen molar-refractivity contribution in [2.75, 3.05) is 7.11 Å². The van der Waals surface area contributed by atoms with E-state index in [1.165, 1.54) is 14.0 Å². The van der Waals surface area contributed by atoms with Crippen molar-refractivity contribution in [1.82, 2.24) is 0 Å². The minimum atomic E-state index is 0.370. The summed E-state index contributed by atoms with van der Waals surface area (Å²) in [6, 6.07) is 10.5. The Balaban J connectivity index is 2.09. The molecule has 0 radical (unpaired) electrons. The monoisotopic (exact) mass is 422 g/mol. The van der Waals surface area contributed by atoms with Crippen LogP contribution in [0, 0.1) is 2.88 Å². The van der Waals surface area contributed by atoms with Crippen LogP contribution >= 0.6 is 49.9 Å². The predicted octanol–water partition coefficient (Wildman–Crippen LogP) is 5.04. The molecule has 90 valence electrons. The van der Waals surface area contributed by atoms with Crippen molar-refractivity contribution in [2.24, 2.45) is 0 Å². The van der Waals surface area contributed by atoms with Gasteiger partial charge in [-0.1, -0.05) is 28.1 Å². The van der Waals surface area contributed by atoms with Crippen LogP contribution in [0.3, 0.4) is 0 Å². The Labute approximate surface area is 127 Å². The molecule has 0 bridgehead atoms. The van der Waals surface area contributed by atoms with Crippen LogP contribution < -0.4 is 4.74 Å². The molecule has 0 N–H and O–H groups in total. The molecule has 17 heavy (non-hydrogen) atoms. The maximum absolute atomic E-state index is 5.23. The second kappa shape index (κ2) is 6.20. The molecule has 1 heterocycles. The fourth-order valence-corrected chi connectivity index (χ4v) is 3.85. The number of rotatable bonds is 4. The van der Waals surface area contributed by atoms with Gasteiger partial charge in [-0.15, -0.1) is 11.3 Å². The molecule has 1 aromatic carbocycles. The van der Waals surface area contributed by atoms with Gasteiger partial charge in [-0.05, 0) is 63.7 Å². The highest BCUT2D eigenvalue weighted by molar-refractivity contribution is 14.1. The Kier molecular flexibility index (Phi) is 4.87. The van der Waals surface area contributed by atoms with Gasteiger partial charge in [0, 0.05) is 4.83 Å². The van der Waals surface area contributed by atoms with E-state index < -0.39 is 0 Å². The average Bonchev–Trinajstić information content (AvgIpc) is 2.76. The highest BCUT2D eigenvalue weighted by Crippen LogP contribution is 2.31. The van der Waals surface area contributed by atoms with Gasteiger partial charge in [0.25, 0.3) is 0 Å². The molecule has 1 unspecified atom stereocenters. The maximum atomic E-state index is 5.23. The van der Waals surface area contributed by atoms with Gasteiger partial charge in [-0.25, -0.2) is 0 Å². The largest absolute Gasteiger partial charge is 0.497 e. The molecule has 0 aliphatic heterocycles. The van der Waals surface area contributed by atoms with Gasteiger partial charge in [-0.3, -0.25) is 0 Å². The fraction of sp³-hybridized carbons (Fsp3) is 0.231. The lowest BCUT2D eigenvalue weighted by atomic mass is 10.1. The van der Waals surface area contributed by atoms with Crippen molar-refractivity contribution < 1.29 is 4.74 Å². The maximum Gasteiger partial charge on any atom is 0.119 e. The third-order valence-corrected chi connectivity index (χ3v) is 5.16. The molecule has 0 amide bonds. The summed E-state index contributed by atoms with van der Waals surface area (Å²) >= 11 is 7.88. The summed E-state index contributed by atoms with van der Waals surface area (Å²) in [5.74, 6) is 0.919. The molecular weight excluding hydrogens is 411 g/mol. The Bertz CT molecular complexity index is 498.